The molecule has 26 heavy (non-hydrogen) atoms. The van der Waals surface area contributed by atoms with E-state index in [1.165, 1.54) is 18.5 Å². The summed E-state index contributed by atoms with van der Waals surface area (Å²) in [5.74, 6) is 3.34. The Labute approximate surface area is 153 Å². The van der Waals surface area contributed by atoms with Gasteiger partial charge in [0.2, 0.25) is 5.95 Å². The SMILES string of the molecule is CN(c1ccnc(N2CC3(CO)CCC2C3)n1)c1cc(C2CC2)nn1C. The van der Waals surface area contributed by atoms with Crippen molar-refractivity contribution in [2.24, 2.45) is 12.5 Å². The molecule has 138 valence electrons. The lowest BCUT2D eigenvalue weighted by Crippen LogP contribution is -2.38. The van der Waals surface area contributed by atoms with Gasteiger partial charge in [0.05, 0.1) is 12.3 Å². The number of anilines is 3. The molecule has 0 radical (unpaired) electrons. The predicted octanol–water partition coefficient (Wildman–Crippen LogP) is 2.21. The van der Waals surface area contributed by atoms with Gasteiger partial charge < -0.3 is 14.9 Å². The largest absolute Gasteiger partial charge is 0.396 e. The van der Waals surface area contributed by atoms with Crippen LogP contribution in [0.3, 0.4) is 0 Å². The van der Waals surface area contributed by atoms with Gasteiger partial charge in [-0.15, -0.1) is 0 Å². The molecule has 3 fully saturated rings. The molecule has 2 aliphatic carbocycles. The quantitative estimate of drug-likeness (QED) is 0.888. The zero-order chi connectivity index (χ0) is 17.9. The number of nitrogens with zero attached hydrogens (tertiary/aromatic N) is 6. The standard InChI is InChI=1S/C19H26N6O/c1-23(17-9-15(13-3-4-13)22-24(17)2)16-6-8-20-18(21-16)25-11-19(12-26)7-5-14(25)10-19/h6,8-9,13-14,26H,3-5,7,10-12H2,1-2H3. The molecule has 2 aromatic rings. The molecule has 2 atom stereocenters. The highest BCUT2D eigenvalue weighted by Gasteiger charge is 2.50. The first kappa shape index (κ1) is 16.1. The van der Waals surface area contributed by atoms with Crippen LogP contribution in [0, 0.1) is 5.41 Å². The van der Waals surface area contributed by atoms with Gasteiger partial charge in [-0.3, -0.25) is 4.68 Å². The summed E-state index contributed by atoms with van der Waals surface area (Å²) < 4.78 is 1.94. The molecule has 3 aliphatic rings. The van der Waals surface area contributed by atoms with Crippen molar-refractivity contribution in [3.63, 3.8) is 0 Å². The Balaban J connectivity index is 1.41. The highest BCUT2D eigenvalue weighted by molar-refractivity contribution is 5.57. The first-order valence-electron chi connectivity index (χ1n) is 9.57. The van der Waals surface area contributed by atoms with E-state index in [0.717, 1.165) is 43.4 Å². The van der Waals surface area contributed by atoms with Crippen molar-refractivity contribution in [3.05, 3.63) is 24.0 Å². The molecule has 5 rings (SSSR count). The third-order valence-corrected chi connectivity index (χ3v) is 6.40. The number of aromatic nitrogens is 4. The average Bonchev–Trinajstić information content (AvgIpc) is 3.18. The summed E-state index contributed by atoms with van der Waals surface area (Å²) in [4.78, 5) is 13.7. The Morgan fingerprint density at radius 1 is 1.35 bits per heavy atom. The fraction of sp³-hybridized carbons (Fsp3) is 0.632. The van der Waals surface area contributed by atoms with Crippen LogP contribution in [-0.4, -0.2) is 51.1 Å². The zero-order valence-electron chi connectivity index (χ0n) is 15.5. The molecule has 0 amide bonds. The van der Waals surface area contributed by atoms with E-state index in [9.17, 15) is 5.11 Å². The van der Waals surface area contributed by atoms with Crippen LogP contribution in [0.15, 0.2) is 18.3 Å². The Morgan fingerprint density at radius 3 is 2.92 bits per heavy atom. The van der Waals surface area contributed by atoms with Crippen molar-refractivity contribution in [1.82, 2.24) is 19.7 Å². The van der Waals surface area contributed by atoms with Gasteiger partial charge in [-0.2, -0.15) is 10.1 Å². The summed E-state index contributed by atoms with van der Waals surface area (Å²) in [5, 5.41) is 14.5. The smallest absolute Gasteiger partial charge is 0.227 e. The summed E-state index contributed by atoms with van der Waals surface area (Å²) in [6, 6.07) is 4.59. The first-order chi connectivity index (χ1) is 12.6. The van der Waals surface area contributed by atoms with Crippen molar-refractivity contribution >= 4 is 17.6 Å². The highest BCUT2D eigenvalue weighted by atomic mass is 16.3. The number of aliphatic hydroxyl groups is 1. The van der Waals surface area contributed by atoms with Crippen LogP contribution in [0.1, 0.15) is 43.7 Å². The minimum Gasteiger partial charge on any atom is -0.396 e. The predicted molar refractivity (Wildman–Crippen MR) is 99.8 cm³/mol. The van der Waals surface area contributed by atoms with Gasteiger partial charge in [0.1, 0.15) is 11.6 Å². The van der Waals surface area contributed by atoms with Gasteiger partial charge in [0, 0.05) is 50.3 Å². The summed E-state index contributed by atoms with van der Waals surface area (Å²) in [5.41, 5.74) is 1.24. The maximum atomic E-state index is 9.80. The van der Waals surface area contributed by atoms with E-state index in [0.29, 0.717) is 12.0 Å². The van der Waals surface area contributed by atoms with Gasteiger partial charge in [-0.25, -0.2) is 4.98 Å². The third kappa shape index (κ3) is 2.48. The molecule has 1 N–H and O–H groups in total. The molecular weight excluding hydrogens is 328 g/mol. The number of fused-ring (bicyclic) bond motifs is 2. The number of hydrogen-bond donors (Lipinski definition) is 1. The molecule has 2 aromatic heterocycles. The van der Waals surface area contributed by atoms with Gasteiger partial charge in [0.15, 0.2) is 0 Å². The van der Waals surface area contributed by atoms with Crippen LogP contribution >= 0.6 is 0 Å². The lowest BCUT2D eigenvalue weighted by Gasteiger charge is -2.31. The van der Waals surface area contributed by atoms with Crippen LogP contribution in [-0.2, 0) is 7.05 Å². The van der Waals surface area contributed by atoms with E-state index in [2.05, 4.69) is 25.9 Å². The molecule has 0 aromatic carbocycles. The van der Waals surface area contributed by atoms with Crippen molar-refractivity contribution in [2.45, 2.75) is 44.1 Å². The minimum atomic E-state index is 0.0527. The molecule has 2 saturated carbocycles. The lowest BCUT2D eigenvalue weighted by molar-refractivity contribution is 0.148. The van der Waals surface area contributed by atoms with Crippen LogP contribution in [0.25, 0.3) is 0 Å². The summed E-state index contributed by atoms with van der Waals surface area (Å²) in [6.45, 7) is 1.12. The maximum absolute atomic E-state index is 9.80. The maximum Gasteiger partial charge on any atom is 0.227 e. The molecule has 7 nitrogen and oxygen atoms in total. The Bertz CT molecular complexity index is 831. The lowest BCUT2D eigenvalue weighted by atomic mass is 9.89. The number of aliphatic hydroxyl groups excluding tert-OH is 1. The second kappa shape index (κ2) is 5.67. The molecular formula is C19H26N6O. The van der Waals surface area contributed by atoms with Crippen molar-refractivity contribution < 1.29 is 5.11 Å². The number of rotatable bonds is 5. The second-order valence-electron chi connectivity index (χ2n) is 8.28. The molecule has 0 spiro atoms. The first-order valence-corrected chi connectivity index (χ1v) is 9.57. The number of aryl methyl sites for hydroxylation is 1. The fourth-order valence-corrected chi connectivity index (χ4v) is 4.66. The van der Waals surface area contributed by atoms with E-state index in [1.54, 1.807) is 0 Å². The van der Waals surface area contributed by atoms with Crippen LogP contribution in [0.2, 0.25) is 0 Å². The zero-order valence-corrected chi connectivity index (χ0v) is 15.5. The molecule has 2 unspecified atom stereocenters. The summed E-state index contributed by atoms with van der Waals surface area (Å²) in [7, 11) is 4.02. The normalized spacial score (nSPS) is 27.3. The van der Waals surface area contributed by atoms with Gasteiger partial charge >= 0.3 is 0 Å². The molecule has 2 bridgehead atoms. The Morgan fingerprint density at radius 2 is 2.19 bits per heavy atom. The van der Waals surface area contributed by atoms with Crippen molar-refractivity contribution in [3.8, 4) is 0 Å². The van der Waals surface area contributed by atoms with E-state index in [4.69, 9.17) is 4.98 Å². The topological polar surface area (TPSA) is 70.3 Å². The van der Waals surface area contributed by atoms with E-state index in [-0.39, 0.29) is 12.0 Å². The average molecular weight is 354 g/mol. The van der Waals surface area contributed by atoms with E-state index >= 15 is 0 Å². The molecule has 1 aliphatic heterocycles. The molecule has 3 heterocycles. The number of hydrogen-bond acceptors (Lipinski definition) is 6. The van der Waals surface area contributed by atoms with Gasteiger partial charge in [0.25, 0.3) is 0 Å². The Hall–Kier alpha value is -2.15. The van der Waals surface area contributed by atoms with Crippen molar-refractivity contribution in [1.29, 1.82) is 0 Å². The van der Waals surface area contributed by atoms with Crippen LogP contribution in [0.4, 0.5) is 17.6 Å². The Kier molecular flexibility index (Phi) is 3.50. The molecule has 7 heteroatoms. The van der Waals surface area contributed by atoms with Gasteiger partial charge in [-0.05, 0) is 38.2 Å². The van der Waals surface area contributed by atoms with E-state index < -0.39 is 0 Å². The monoisotopic (exact) mass is 354 g/mol. The fourth-order valence-electron chi connectivity index (χ4n) is 4.66. The third-order valence-electron chi connectivity index (χ3n) is 6.40. The number of piperidine rings is 1. The van der Waals surface area contributed by atoms with Crippen LogP contribution in [0.5, 0.6) is 0 Å². The second-order valence-corrected chi connectivity index (χ2v) is 8.28. The van der Waals surface area contributed by atoms with Crippen LogP contribution < -0.4 is 9.80 Å². The summed E-state index contributed by atoms with van der Waals surface area (Å²) in [6.07, 6.45) is 7.63. The van der Waals surface area contributed by atoms with Crippen molar-refractivity contribution in [2.75, 3.05) is 30.0 Å². The van der Waals surface area contributed by atoms with Gasteiger partial charge in [-0.1, -0.05) is 0 Å². The minimum absolute atomic E-state index is 0.0527. The molecule has 1 saturated heterocycles. The highest BCUT2D eigenvalue weighted by Crippen LogP contribution is 2.48. The van der Waals surface area contributed by atoms with E-state index in [1.807, 2.05) is 31.0 Å². The summed E-state index contributed by atoms with van der Waals surface area (Å²) >= 11 is 0.